The van der Waals surface area contributed by atoms with E-state index in [2.05, 4.69) is 11.1 Å². The third-order valence-electron chi connectivity index (χ3n) is 1.35. The van der Waals surface area contributed by atoms with Crippen LogP contribution < -0.4 is 0 Å². The highest BCUT2D eigenvalue weighted by Crippen LogP contribution is 2.08. The first-order valence-corrected chi connectivity index (χ1v) is 3.09. The summed E-state index contributed by atoms with van der Waals surface area (Å²) in [5.41, 5.74) is 0. The van der Waals surface area contributed by atoms with Crippen molar-refractivity contribution in [3.05, 3.63) is 43.2 Å². The van der Waals surface area contributed by atoms with Crippen LogP contribution in [0.4, 0.5) is 0 Å². The number of amidine groups is 1. The lowest BCUT2D eigenvalue weighted by Crippen LogP contribution is -2.21. The van der Waals surface area contributed by atoms with Crippen LogP contribution in [0, 0.1) is 12.6 Å². The average molecular weight is 130 g/mol. The summed E-state index contributed by atoms with van der Waals surface area (Å²) in [5, 5.41) is 0. The summed E-state index contributed by atoms with van der Waals surface area (Å²) in [4.78, 5) is 6.05. The monoisotopic (exact) mass is 130 g/mol. The highest BCUT2D eigenvalue weighted by molar-refractivity contribution is 5.96. The second kappa shape index (κ2) is 2.14. The Morgan fingerprint density at radius 1 is 1.40 bits per heavy atom. The molecule has 0 spiro atoms. The fourth-order valence-corrected chi connectivity index (χ4v) is 0.877. The Hall–Kier alpha value is -1.31. The first-order valence-electron chi connectivity index (χ1n) is 3.09. The highest BCUT2D eigenvalue weighted by atomic mass is 15.2. The van der Waals surface area contributed by atoms with Crippen LogP contribution in [0.1, 0.15) is 0 Å². The lowest BCUT2D eigenvalue weighted by atomic mass is 10.3. The van der Waals surface area contributed by atoms with Crippen LogP contribution in [-0.2, 0) is 0 Å². The maximum absolute atomic E-state index is 4.11. The Bertz CT molecular complexity index is 246. The molecule has 2 nitrogen and oxygen atoms in total. The SMILES string of the molecule is [C]1=CC2=N[CH]C=CN2C=C1. The minimum Gasteiger partial charge on any atom is -0.309 e. The van der Waals surface area contributed by atoms with Crippen LogP contribution in [0.5, 0.6) is 0 Å². The zero-order valence-electron chi connectivity index (χ0n) is 5.36. The number of fused-ring (bicyclic) bond motifs is 1. The van der Waals surface area contributed by atoms with Gasteiger partial charge in [0, 0.05) is 12.4 Å². The van der Waals surface area contributed by atoms with Gasteiger partial charge in [0.1, 0.15) is 5.84 Å². The van der Waals surface area contributed by atoms with Crippen LogP contribution in [-0.4, -0.2) is 10.7 Å². The summed E-state index contributed by atoms with van der Waals surface area (Å²) in [5.74, 6) is 0.921. The maximum atomic E-state index is 4.11. The van der Waals surface area contributed by atoms with Crippen molar-refractivity contribution >= 4 is 5.84 Å². The van der Waals surface area contributed by atoms with Crippen molar-refractivity contribution in [2.24, 2.45) is 4.99 Å². The molecular weight excluding hydrogens is 124 g/mol. The highest BCUT2D eigenvalue weighted by Gasteiger charge is 2.06. The Morgan fingerprint density at radius 2 is 2.40 bits per heavy atom. The van der Waals surface area contributed by atoms with Crippen LogP contribution in [0.2, 0.25) is 0 Å². The molecule has 0 saturated carbocycles. The van der Waals surface area contributed by atoms with Crippen molar-refractivity contribution in [2.45, 2.75) is 0 Å². The molecule has 0 unspecified atom stereocenters. The van der Waals surface area contributed by atoms with E-state index in [1.807, 2.05) is 35.5 Å². The van der Waals surface area contributed by atoms with Gasteiger partial charge >= 0.3 is 0 Å². The second-order valence-electron chi connectivity index (χ2n) is 2.01. The molecule has 0 aromatic rings. The Balaban J connectivity index is 2.33. The van der Waals surface area contributed by atoms with Gasteiger partial charge in [-0.2, -0.15) is 0 Å². The van der Waals surface area contributed by atoms with Gasteiger partial charge in [-0.05, 0) is 24.3 Å². The third kappa shape index (κ3) is 0.778. The zero-order chi connectivity index (χ0) is 6.81. The van der Waals surface area contributed by atoms with Gasteiger partial charge in [-0.3, -0.25) is 4.99 Å². The lowest BCUT2D eigenvalue weighted by molar-refractivity contribution is 0.743. The van der Waals surface area contributed by atoms with Crippen LogP contribution in [0.15, 0.2) is 35.6 Å². The molecular formula is C8H6N2. The Labute approximate surface area is 59.9 Å². The summed E-state index contributed by atoms with van der Waals surface area (Å²) in [6.45, 7) is 1.77. The Morgan fingerprint density at radius 3 is 3.30 bits per heavy atom. The van der Waals surface area contributed by atoms with Crippen LogP contribution in [0.25, 0.3) is 0 Å². The molecule has 0 bridgehead atoms. The van der Waals surface area contributed by atoms with E-state index >= 15 is 0 Å². The van der Waals surface area contributed by atoms with E-state index in [-0.39, 0.29) is 0 Å². The summed E-state index contributed by atoms with van der Waals surface area (Å²) in [7, 11) is 0. The van der Waals surface area contributed by atoms with Crippen molar-refractivity contribution in [1.82, 2.24) is 4.90 Å². The minimum atomic E-state index is 0.921. The smallest absolute Gasteiger partial charge is 0.132 e. The molecule has 48 valence electrons. The van der Waals surface area contributed by atoms with E-state index in [0.29, 0.717) is 0 Å². The molecule has 0 amide bonds. The summed E-state index contributed by atoms with van der Waals surface area (Å²) < 4.78 is 0. The predicted octanol–water partition coefficient (Wildman–Crippen LogP) is 1.26. The van der Waals surface area contributed by atoms with Gasteiger partial charge in [0.2, 0.25) is 0 Å². The average Bonchev–Trinajstić information content (AvgIpc) is 2.05. The van der Waals surface area contributed by atoms with Gasteiger partial charge in [-0.1, -0.05) is 0 Å². The molecule has 2 heteroatoms. The third-order valence-corrected chi connectivity index (χ3v) is 1.35. The molecule has 2 radical (unpaired) electrons. The molecule has 0 saturated heterocycles. The number of aliphatic imine (C=N–C) groups is 1. The molecule has 0 aliphatic carbocycles. The van der Waals surface area contributed by atoms with Gasteiger partial charge in [0.25, 0.3) is 0 Å². The summed E-state index contributed by atoms with van der Waals surface area (Å²) in [6, 6.07) is 0. The van der Waals surface area contributed by atoms with Crippen LogP contribution >= 0.6 is 0 Å². The normalized spacial score (nSPS) is 20.8. The molecule has 0 atom stereocenters. The van der Waals surface area contributed by atoms with Gasteiger partial charge in [-0.15, -0.1) is 0 Å². The number of rotatable bonds is 0. The molecule has 0 fully saturated rings. The first kappa shape index (κ1) is 5.47. The molecule has 0 aromatic heterocycles. The number of nitrogens with zero attached hydrogens (tertiary/aromatic N) is 2. The molecule has 2 heterocycles. The number of hydrogen-bond donors (Lipinski definition) is 0. The Kier molecular flexibility index (Phi) is 1.17. The van der Waals surface area contributed by atoms with Crippen LogP contribution in [0.3, 0.4) is 0 Å². The minimum absolute atomic E-state index is 0.921. The quantitative estimate of drug-likeness (QED) is 0.482. The van der Waals surface area contributed by atoms with E-state index in [4.69, 9.17) is 0 Å². The second-order valence-corrected chi connectivity index (χ2v) is 2.01. The largest absolute Gasteiger partial charge is 0.309 e. The van der Waals surface area contributed by atoms with E-state index in [0.717, 1.165) is 5.84 Å². The van der Waals surface area contributed by atoms with Gasteiger partial charge in [-0.25, -0.2) is 0 Å². The lowest BCUT2D eigenvalue weighted by Gasteiger charge is -2.19. The van der Waals surface area contributed by atoms with E-state index in [1.165, 1.54) is 0 Å². The molecule has 10 heavy (non-hydrogen) atoms. The summed E-state index contributed by atoms with van der Waals surface area (Å²) >= 11 is 0. The van der Waals surface area contributed by atoms with Gasteiger partial charge in [0.05, 0.1) is 6.54 Å². The number of allylic oxidation sites excluding steroid dienone is 2. The van der Waals surface area contributed by atoms with Crippen molar-refractivity contribution < 1.29 is 0 Å². The maximum Gasteiger partial charge on any atom is 0.132 e. The first-order chi connectivity index (χ1) is 4.97. The molecule has 2 aliphatic rings. The zero-order valence-corrected chi connectivity index (χ0v) is 5.36. The van der Waals surface area contributed by atoms with Crippen molar-refractivity contribution in [2.75, 3.05) is 0 Å². The van der Waals surface area contributed by atoms with E-state index < -0.39 is 0 Å². The standard InChI is InChI=1S/C8H6N2/c1-2-6-10-7-3-5-9-8(10)4-1/h2-7H. The fraction of sp³-hybridized carbons (Fsp3) is 0. The molecule has 2 aliphatic heterocycles. The van der Waals surface area contributed by atoms with Gasteiger partial charge in [0.15, 0.2) is 0 Å². The molecule has 2 rings (SSSR count). The van der Waals surface area contributed by atoms with Crippen molar-refractivity contribution in [1.29, 1.82) is 0 Å². The van der Waals surface area contributed by atoms with Crippen molar-refractivity contribution in [3.8, 4) is 0 Å². The predicted molar refractivity (Wildman–Crippen MR) is 39.7 cm³/mol. The van der Waals surface area contributed by atoms with Crippen molar-refractivity contribution in [3.63, 3.8) is 0 Å². The van der Waals surface area contributed by atoms with Gasteiger partial charge < -0.3 is 4.90 Å². The fourth-order valence-electron chi connectivity index (χ4n) is 0.877. The summed E-state index contributed by atoms with van der Waals surface area (Å²) in [6.07, 6.45) is 12.4. The number of hydrogen-bond acceptors (Lipinski definition) is 2. The molecule has 0 aromatic carbocycles. The van der Waals surface area contributed by atoms with E-state index in [1.54, 1.807) is 6.54 Å². The van der Waals surface area contributed by atoms with E-state index in [9.17, 15) is 0 Å². The topological polar surface area (TPSA) is 15.6 Å². The molecule has 0 N–H and O–H groups in total.